The average Bonchev–Trinajstić information content (AvgIpc) is 3.57. The molecular weight excluding hydrogens is 599 g/mol. The molecular formula is C45H29N3O. The van der Waals surface area contributed by atoms with Crippen molar-refractivity contribution in [3.63, 3.8) is 0 Å². The molecule has 9 rings (SSSR count). The third kappa shape index (κ3) is 5.45. The normalized spacial score (nSPS) is 11.3. The van der Waals surface area contributed by atoms with Crippen LogP contribution in [0, 0.1) is 0 Å². The lowest BCUT2D eigenvalue weighted by molar-refractivity contribution is 0.669. The summed E-state index contributed by atoms with van der Waals surface area (Å²) in [4.78, 5) is 15.1. The molecule has 0 fully saturated rings. The molecule has 0 radical (unpaired) electrons. The van der Waals surface area contributed by atoms with Gasteiger partial charge in [-0.1, -0.05) is 152 Å². The Balaban J connectivity index is 1.16. The topological polar surface area (TPSA) is 51.8 Å². The molecule has 230 valence electrons. The molecule has 0 amide bonds. The van der Waals surface area contributed by atoms with Gasteiger partial charge < -0.3 is 4.42 Å². The van der Waals surface area contributed by atoms with Crippen LogP contribution in [0.25, 0.3) is 89.5 Å². The van der Waals surface area contributed by atoms with E-state index in [-0.39, 0.29) is 0 Å². The molecule has 2 aromatic heterocycles. The molecule has 4 heteroatoms. The maximum atomic E-state index is 6.51. The molecule has 0 aliphatic carbocycles. The van der Waals surface area contributed by atoms with E-state index in [1.807, 2.05) is 54.6 Å². The van der Waals surface area contributed by atoms with Crippen LogP contribution in [0.4, 0.5) is 0 Å². The molecule has 9 aromatic rings. The van der Waals surface area contributed by atoms with E-state index >= 15 is 0 Å². The highest BCUT2D eigenvalue weighted by Crippen LogP contribution is 2.38. The predicted molar refractivity (Wildman–Crippen MR) is 200 cm³/mol. The molecule has 0 N–H and O–H groups in total. The maximum Gasteiger partial charge on any atom is 0.164 e. The Morgan fingerprint density at radius 2 is 0.755 bits per heavy atom. The number of hydrogen-bond acceptors (Lipinski definition) is 4. The van der Waals surface area contributed by atoms with E-state index < -0.39 is 0 Å². The standard InChI is InChI=1S/C45H29N3O/c1-4-12-30(13-5-1)32-22-24-34(25-23-32)44-46-43(33-16-8-3-9-17-33)47-45(48-44)39-20-11-21-40-42(39)38-27-26-37(29-41(38)49-40)36-19-10-18-35(28-36)31-14-6-2-7-15-31/h1-29H. The van der Waals surface area contributed by atoms with Crippen molar-refractivity contribution in [2.24, 2.45) is 0 Å². The minimum atomic E-state index is 0.601. The van der Waals surface area contributed by atoms with Crippen LogP contribution in [0.1, 0.15) is 0 Å². The van der Waals surface area contributed by atoms with Crippen molar-refractivity contribution in [2.45, 2.75) is 0 Å². The van der Waals surface area contributed by atoms with Gasteiger partial charge in [-0.3, -0.25) is 0 Å². The van der Waals surface area contributed by atoms with Crippen molar-refractivity contribution < 1.29 is 4.42 Å². The molecule has 0 saturated carbocycles. The van der Waals surface area contributed by atoms with E-state index in [0.717, 1.165) is 55.3 Å². The molecule has 0 saturated heterocycles. The molecule has 4 nitrogen and oxygen atoms in total. The van der Waals surface area contributed by atoms with Crippen molar-refractivity contribution in [1.82, 2.24) is 15.0 Å². The van der Waals surface area contributed by atoms with E-state index in [2.05, 4.69) is 121 Å². The zero-order chi connectivity index (χ0) is 32.6. The second kappa shape index (κ2) is 12.2. The predicted octanol–water partition coefficient (Wildman–Crippen LogP) is 11.8. The summed E-state index contributed by atoms with van der Waals surface area (Å²) in [5.41, 5.74) is 11.3. The molecule has 0 bridgehead atoms. The smallest absolute Gasteiger partial charge is 0.164 e. The Labute approximate surface area is 284 Å². The van der Waals surface area contributed by atoms with Gasteiger partial charge in [0.1, 0.15) is 11.2 Å². The van der Waals surface area contributed by atoms with Gasteiger partial charge in [0.25, 0.3) is 0 Å². The van der Waals surface area contributed by atoms with Crippen LogP contribution in [0.5, 0.6) is 0 Å². The molecule has 7 aromatic carbocycles. The number of benzene rings is 7. The van der Waals surface area contributed by atoms with Crippen molar-refractivity contribution in [3.8, 4) is 67.5 Å². The van der Waals surface area contributed by atoms with Gasteiger partial charge in [-0.25, -0.2) is 15.0 Å². The van der Waals surface area contributed by atoms with Gasteiger partial charge in [0.05, 0.1) is 0 Å². The van der Waals surface area contributed by atoms with Crippen LogP contribution in [-0.4, -0.2) is 15.0 Å². The zero-order valence-corrected chi connectivity index (χ0v) is 26.5. The highest BCUT2D eigenvalue weighted by atomic mass is 16.3. The molecule has 0 atom stereocenters. The highest BCUT2D eigenvalue weighted by molar-refractivity contribution is 6.12. The summed E-state index contributed by atoms with van der Waals surface area (Å²) in [5.74, 6) is 1.84. The first-order valence-corrected chi connectivity index (χ1v) is 16.4. The Morgan fingerprint density at radius 1 is 0.306 bits per heavy atom. The summed E-state index contributed by atoms with van der Waals surface area (Å²) in [7, 11) is 0. The van der Waals surface area contributed by atoms with Crippen LogP contribution < -0.4 is 0 Å². The van der Waals surface area contributed by atoms with Crippen LogP contribution in [0.2, 0.25) is 0 Å². The van der Waals surface area contributed by atoms with E-state index in [0.29, 0.717) is 17.5 Å². The molecule has 0 unspecified atom stereocenters. The number of furan rings is 1. The first-order valence-electron chi connectivity index (χ1n) is 16.4. The van der Waals surface area contributed by atoms with Gasteiger partial charge in [0.2, 0.25) is 0 Å². The van der Waals surface area contributed by atoms with Gasteiger partial charge in [0.15, 0.2) is 17.5 Å². The summed E-state index contributed by atoms with van der Waals surface area (Å²) < 4.78 is 6.51. The SMILES string of the molecule is c1ccc(-c2ccc(-c3nc(-c4ccccc4)nc(-c4cccc5oc6cc(-c7cccc(-c8ccccc8)c7)ccc6c45)n3)cc2)cc1. The minimum Gasteiger partial charge on any atom is -0.456 e. The summed E-state index contributed by atoms with van der Waals surface area (Å²) in [6.45, 7) is 0. The minimum absolute atomic E-state index is 0.601. The van der Waals surface area contributed by atoms with Crippen LogP contribution in [0.3, 0.4) is 0 Å². The number of fused-ring (bicyclic) bond motifs is 3. The largest absolute Gasteiger partial charge is 0.456 e. The lowest BCUT2D eigenvalue weighted by atomic mass is 9.98. The average molecular weight is 628 g/mol. The Bertz CT molecular complexity index is 2580. The highest BCUT2D eigenvalue weighted by Gasteiger charge is 2.18. The Morgan fingerprint density at radius 3 is 1.43 bits per heavy atom. The third-order valence-corrected chi connectivity index (χ3v) is 8.96. The lowest BCUT2D eigenvalue weighted by Gasteiger charge is -2.10. The molecule has 0 spiro atoms. The van der Waals surface area contributed by atoms with E-state index in [9.17, 15) is 0 Å². The van der Waals surface area contributed by atoms with E-state index in [1.54, 1.807) is 0 Å². The van der Waals surface area contributed by atoms with Crippen molar-refractivity contribution in [1.29, 1.82) is 0 Å². The van der Waals surface area contributed by atoms with Gasteiger partial charge in [-0.2, -0.15) is 0 Å². The molecule has 2 heterocycles. The van der Waals surface area contributed by atoms with Crippen LogP contribution in [-0.2, 0) is 0 Å². The maximum absolute atomic E-state index is 6.51. The van der Waals surface area contributed by atoms with Gasteiger partial charge in [-0.05, 0) is 57.6 Å². The lowest BCUT2D eigenvalue weighted by Crippen LogP contribution is -2.00. The number of nitrogens with zero attached hydrogens (tertiary/aromatic N) is 3. The fraction of sp³-hybridized carbons (Fsp3) is 0. The monoisotopic (exact) mass is 627 g/mol. The zero-order valence-electron chi connectivity index (χ0n) is 26.5. The number of rotatable bonds is 6. The first-order chi connectivity index (χ1) is 24.3. The summed E-state index contributed by atoms with van der Waals surface area (Å²) in [6, 6.07) is 60.5. The van der Waals surface area contributed by atoms with E-state index in [1.165, 1.54) is 16.7 Å². The number of hydrogen-bond donors (Lipinski definition) is 0. The first kappa shape index (κ1) is 28.6. The van der Waals surface area contributed by atoms with Gasteiger partial charge >= 0.3 is 0 Å². The number of aromatic nitrogens is 3. The van der Waals surface area contributed by atoms with Crippen molar-refractivity contribution >= 4 is 21.9 Å². The molecule has 0 aliphatic rings. The van der Waals surface area contributed by atoms with Gasteiger partial charge in [0, 0.05) is 27.5 Å². The van der Waals surface area contributed by atoms with E-state index in [4.69, 9.17) is 19.4 Å². The Hall–Kier alpha value is -6.65. The Kier molecular flexibility index (Phi) is 7.10. The summed E-state index contributed by atoms with van der Waals surface area (Å²) in [6.07, 6.45) is 0. The fourth-order valence-corrected chi connectivity index (χ4v) is 6.48. The van der Waals surface area contributed by atoms with Crippen molar-refractivity contribution in [3.05, 3.63) is 176 Å². The second-order valence-electron chi connectivity index (χ2n) is 12.1. The molecule has 0 aliphatic heterocycles. The van der Waals surface area contributed by atoms with Crippen LogP contribution in [0.15, 0.2) is 180 Å². The molecule has 49 heavy (non-hydrogen) atoms. The fourth-order valence-electron chi connectivity index (χ4n) is 6.48. The quantitative estimate of drug-likeness (QED) is 0.184. The third-order valence-electron chi connectivity index (χ3n) is 8.96. The second-order valence-corrected chi connectivity index (χ2v) is 12.1. The van der Waals surface area contributed by atoms with Gasteiger partial charge in [-0.15, -0.1) is 0 Å². The summed E-state index contributed by atoms with van der Waals surface area (Å²) in [5, 5.41) is 2.00. The summed E-state index contributed by atoms with van der Waals surface area (Å²) >= 11 is 0. The van der Waals surface area contributed by atoms with Crippen LogP contribution >= 0.6 is 0 Å². The van der Waals surface area contributed by atoms with Crippen molar-refractivity contribution in [2.75, 3.05) is 0 Å².